The van der Waals surface area contributed by atoms with Gasteiger partial charge in [-0.05, 0) is 38.2 Å². The summed E-state index contributed by atoms with van der Waals surface area (Å²) in [7, 11) is 0. The van der Waals surface area contributed by atoms with E-state index in [1.54, 1.807) is 0 Å². The lowest BCUT2D eigenvalue weighted by Gasteiger charge is -2.21. The van der Waals surface area contributed by atoms with E-state index in [9.17, 15) is 14.9 Å². The zero-order chi connectivity index (χ0) is 16.0. The van der Waals surface area contributed by atoms with Crippen molar-refractivity contribution >= 4 is 11.9 Å². The van der Waals surface area contributed by atoms with Crippen LogP contribution >= 0.6 is 0 Å². The molecule has 1 amide bonds. The Morgan fingerprint density at radius 1 is 1.27 bits per heavy atom. The van der Waals surface area contributed by atoms with Crippen LogP contribution in [0.4, 0.5) is 0 Å². The maximum absolute atomic E-state index is 11.8. The fraction of sp³-hybridized carbons (Fsp3) is 0.471. The van der Waals surface area contributed by atoms with Gasteiger partial charge in [-0.1, -0.05) is 29.8 Å². The Morgan fingerprint density at radius 3 is 2.50 bits per heavy atom. The molecule has 0 aromatic heterocycles. The quantitative estimate of drug-likeness (QED) is 0.844. The summed E-state index contributed by atoms with van der Waals surface area (Å²) in [5.41, 5.74) is 1.19. The van der Waals surface area contributed by atoms with Crippen molar-refractivity contribution in [1.29, 1.82) is 5.26 Å². The van der Waals surface area contributed by atoms with E-state index in [-0.39, 0.29) is 13.0 Å². The lowest BCUT2D eigenvalue weighted by molar-refractivity contribution is -0.148. The second-order valence-corrected chi connectivity index (χ2v) is 5.77. The number of hydrogen-bond donors (Lipinski definition) is 1. The summed E-state index contributed by atoms with van der Waals surface area (Å²) in [6, 6.07) is 9.74. The standard InChI is InChI=1S/C17H20N2O3/c1-13-4-6-14(7-5-13)10-16(21)22-11-15(20)19-17(12-18)8-2-3-9-17/h4-7H,2-3,8-11H2,1H3,(H,19,20). The van der Waals surface area contributed by atoms with Crippen LogP contribution in [-0.4, -0.2) is 24.0 Å². The van der Waals surface area contributed by atoms with Crippen LogP contribution in [0.5, 0.6) is 0 Å². The number of amides is 1. The van der Waals surface area contributed by atoms with Crippen LogP contribution in [0.1, 0.15) is 36.8 Å². The Morgan fingerprint density at radius 2 is 1.91 bits per heavy atom. The topological polar surface area (TPSA) is 79.2 Å². The number of rotatable bonds is 5. The van der Waals surface area contributed by atoms with Gasteiger partial charge < -0.3 is 10.1 Å². The normalized spacial score (nSPS) is 15.8. The molecule has 2 rings (SSSR count). The molecule has 1 saturated carbocycles. The molecule has 0 radical (unpaired) electrons. The van der Waals surface area contributed by atoms with E-state index in [2.05, 4.69) is 11.4 Å². The molecule has 1 aromatic carbocycles. The van der Waals surface area contributed by atoms with Gasteiger partial charge in [0.25, 0.3) is 5.91 Å². The smallest absolute Gasteiger partial charge is 0.310 e. The first-order valence-corrected chi connectivity index (χ1v) is 7.46. The summed E-state index contributed by atoms with van der Waals surface area (Å²) in [5.74, 6) is -0.864. The summed E-state index contributed by atoms with van der Waals surface area (Å²) in [5, 5.41) is 11.9. The molecule has 1 aromatic rings. The van der Waals surface area contributed by atoms with Crippen molar-refractivity contribution in [2.24, 2.45) is 0 Å². The van der Waals surface area contributed by atoms with Crippen molar-refractivity contribution in [3.8, 4) is 6.07 Å². The molecule has 1 N–H and O–H groups in total. The third-order valence-electron chi connectivity index (χ3n) is 3.88. The molecular weight excluding hydrogens is 280 g/mol. The summed E-state index contributed by atoms with van der Waals surface area (Å²) < 4.78 is 4.98. The third-order valence-corrected chi connectivity index (χ3v) is 3.88. The van der Waals surface area contributed by atoms with Gasteiger partial charge in [-0.15, -0.1) is 0 Å². The molecule has 0 bridgehead atoms. The van der Waals surface area contributed by atoms with Gasteiger partial charge in [0, 0.05) is 0 Å². The number of carbonyl (C=O) groups excluding carboxylic acids is 2. The van der Waals surface area contributed by atoms with Crippen LogP contribution in [-0.2, 0) is 20.7 Å². The molecule has 0 saturated heterocycles. The van der Waals surface area contributed by atoms with Crippen LogP contribution in [0, 0.1) is 18.3 Å². The van der Waals surface area contributed by atoms with Crippen molar-refractivity contribution in [2.75, 3.05) is 6.61 Å². The van der Waals surface area contributed by atoms with Gasteiger partial charge in [-0.25, -0.2) is 0 Å². The Balaban J connectivity index is 1.77. The maximum atomic E-state index is 11.8. The minimum Gasteiger partial charge on any atom is -0.455 e. The molecule has 5 heteroatoms. The SMILES string of the molecule is Cc1ccc(CC(=O)OCC(=O)NC2(C#N)CCCC2)cc1. The van der Waals surface area contributed by atoms with E-state index in [1.807, 2.05) is 31.2 Å². The number of aryl methyl sites for hydroxylation is 1. The lowest BCUT2D eigenvalue weighted by atomic mass is 10.00. The van der Waals surface area contributed by atoms with Crippen LogP contribution in [0.15, 0.2) is 24.3 Å². The lowest BCUT2D eigenvalue weighted by Crippen LogP contribution is -2.46. The number of nitriles is 1. The van der Waals surface area contributed by atoms with Crippen LogP contribution in [0.2, 0.25) is 0 Å². The van der Waals surface area contributed by atoms with E-state index < -0.39 is 17.4 Å². The third kappa shape index (κ3) is 4.32. The first-order chi connectivity index (χ1) is 10.5. The molecule has 0 spiro atoms. The number of nitrogens with one attached hydrogen (secondary N) is 1. The molecule has 5 nitrogen and oxygen atoms in total. The minimum absolute atomic E-state index is 0.136. The first-order valence-electron chi connectivity index (χ1n) is 7.46. The second-order valence-electron chi connectivity index (χ2n) is 5.77. The zero-order valence-corrected chi connectivity index (χ0v) is 12.7. The van der Waals surface area contributed by atoms with E-state index >= 15 is 0 Å². The molecule has 22 heavy (non-hydrogen) atoms. The van der Waals surface area contributed by atoms with Crippen LogP contribution in [0.3, 0.4) is 0 Å². The Bertz CT molecular complexity index is 581. The average Bonchev–Trinajstić information content (AvgIpc) is 2.97. The Labute approximate surface area is 130 Å². The summed E-state index contributed by atoms with van der Waals surface area (Å²) in [6.45, 7) is 1.63. The number of nitrogens with zero attached hydrogens (tertiary/aromatic N) is 1. The molecule has 1 aliphatic rings. The summed E-state index contributed by atoms with van der Waals surface area (Å²) >= 11 is 0. The van der Waals surface area contributed by atoms with Crippen molar-refractivity contribution in [1.82, 2.24) is 5.32 Å². The van der Waals surface area contributed by atoms with Crippen molar-refractivity contribution in [3.63, 3.8) is 0 Å². The monoisotopic (exact) mass is 300 g/mol. The average molecular weight is 300 g/mol. The zero-order valence-electron chi connectivity index (χ0n) is 12.7. The Hall–Kier alpha value is -2.35. The molecular formula is C17H20N2O3. The number of benzene rings is 1. The predicted molar refractivity (Wildman–Crippen MR) is 80.8 cm³/mol. The van der Waals surface area contributed by atoms with E-state index in [1.165, 1.54) is 0 Å². The van der Waals surface area contributed by atoms with Crippen molar-refractivity contribution in [2.45, 2.75) is 44.6 Å². The van der Waals surface area contributed by atoms with Gasteiger partial charge >= 0.3 is 5.97 Å². The molecule has 0 unspecified atom stereocenters. The van der Waals surface area contributed by atoms with Crippen molar-refractivity contribution < 1.29 is 14.3 Å². The molecule has 0 atom stereocenters. The highest BCUT2D eigenvalue weighted by Crippen LogP contribution is 2.28. The van der Waals surface area contributed by atoms with E-state index in [4.69, 9.17) is 4.74 Å². The number of hydrogen-bond acceptors (Lipinski definition) is 4. The van der Waals surface area contributed by atoms with Gasteiger partial charge in [-0.2, -0.15) is 5.26 Å². The molecule has 1 fully saturated rings. The van der Waals surface area contributed by atoms with Crippen LogP contribution in [0.25, 0.3) is 0 Å². The number of carbonyl (C=O) groups is 2. The van der Waals surface area contributed by atoms with Gasteiger partial charge in [0.15, 0.2) is 6.61 Å². The molecule has 1 aliphatic carbocycles. The van der Waals surface area contributed by atoms with Gasteiger partial charge in [-0.3, -0.25) is 9.59 Å². The molecule has 0 heterocycles. The number of esters is 1. The van der Waals surface area contributed by atoms with E-state index in [0.29, 0.717) is 12.8 Å². The van der Waals surface area contributed by atoms with Crippen molar-refractivity contribution in [3.05, 3.63) is 35.4 Å². The largest absolute Gasteiger partial charge is 0.455 e. The van der Waals surface area contributed by atoms with Gasteiger partial charge in [0.2, 0.25) is 0 Å². The fourth-order valence-corrected chi connectivity index (χ4v) is 2.62. The molecule has 116 valence electrons. The first kappa shape index (κ1) is 16.0. The molecule has 0 aliphatic heterocycles. The maximum Gasteiger partial charge on any atom is 0.310 e. The van der Waals surface area contributed by atoms with Gasteiger partial charge in [0.1, 0.15) is 5.54 Å². The highest BCUT2D eigenvalue weighted by atomic mass is 16.5. The van der Waals surface area contributed by atoms with Gasteiger partial charge in [0.05, 0.1) is 12.5 Å². The fourth-order valence-electron chi connectivity index (χ4n) is 2.62. The van der Waals surface area contributed by atoms with E-state index in [0.717, 1.165) is 24.0 Å². The highest BCUT2D eigenvalue weighted by molar-refractivity contribution is 5.82. The summed E-state index contributed by atoms with van der Waals surface area (Å²) in [6.07, 6.45) is 3.32. The second kappa shape index (κ2) is 7.08. The highest BCUT2D eigenvalue weighted by Gasteiger charge is 2.35. The number of ether oxygens (including phenoxy) is 1. The van der Waals surface area contributed by atoms with Crippen LogP contribution < -0.4 is 5.32 Å². The predicted octanol–water partition coefficient (Wildman–Crippen LogP) is 2.03. The summed E-state index contributed by atoms with van der Waals surface area (Å²) in [4.78, 5) is 23.5. The Kier molecular flexibility index (Phi) is 5.16. The minimum atomic E-state index is -0.777.